The monoisotopic (exact) mass is 385 g/mol. The first-order chi connectivity index (χ1) is 12.7. The summed E-state index contributed by atoms with van der Waals surface area (Å²) >= 11 is 0. The molecular formula is C17H23NO9. The summed E-state index contributed by atoms with van der Waals surface area (Å²) in [5.41, 5.74) is -3.22. The van der Waals surface area contributed by atoms with Gasteiger partial charge in [0.25, 0.3) is 0 Å². The van der Waals surface area contributed by atoms with E-state index in [4.69, 9.17) is 19.4 Å². The summed E-state index contributed by atoms with van der Waals surface area (Å²) in [4.78, 5) is 15.5. The van der Waals surface area contributed by atoms with Crippen molar-refractivity contribution >= 4 is 11.7 Å². The van der Waals surface area contributed by atoms with Gasteiger partial charge in [0.1, 0.15) is 29.6 Å². The number of fused-ring (bicyclic) bond motifs is 2. The number of carboxylic acid groups (broad SMARTS) is 1. The van der Waals surface area contributed by atoms with Crippen molar-refractivity contribution in [3.8, 4) is 0 Å². The Kier molecular flexibility index (Phi) is 3.98. The first-order valence-electron chi connectivity index (χ1n) is 8.72. The lowest BCUT2D eigenvalue weighted by Crippen LogP contribution is -2.72. The van der Waals surface area contributed by atoms with Crippen molar-refractivity contribution in [2.75, 3.05) is 19.8 Å². The average molecular weight is 385 g/mol. The molecule has 2 saturated heterocycles. The Balaban J connectivity index is 1.83. The molecular weight excluding hydrogens is 362 g/mol. The Hall–Kier alpha value is -1.56. The van der Waals surface area contributed by atoms with Crippen molar-refractivity contribution in [1.82, 2.24) is 0 Å². The van der Waals surface area contributed by atoms with E-state index in [1.807, 2.05) is 0 Å². The highest BCUT2D eigenvalue weighted by atomic mass is 16.6. The van der Waals surface area contributed by atoms with Gasteiger partial charge in [0.15, 0.2) is 0 Å². The van der Waals surface area contributed by atoms with E-state index in [2.05, 4.69) is 5.16 Å². The SMILES string of the molecule is CC1=C[C@H]2O[C@@H]3[C@H](O)[C@@H](O)[C@](C)([C@@]2(CO)[C@H](O)/C1=N/OCC(=O)O)[C@]31CO1. The number of rotatable bonds is 4. The number of aliphatic hydroxyl groups is 4. The zero-order valence-electron chi connectivity index (χ0n) is 14.9. The van der Waals surface area contributed by atoms with Crippen LogP contribution >= 0.6 is 0 Å². The molecule has 0 aromatic rings. The quantitative estimate of drug-likeness (QED) is 0.273. The molecule has 4 rings (SSSR count). The number of carboxylic acids is 1. The van der Waals surface area contributed by atoms with Crippen LogP contribution in [0.1, 0.15) is 13.8 Å². The number of carbonyl (C=O) groups is 1. The molecule has 0 amide bonds. The summed E-state index contributed by atoms with van der Waals surface area (Å²) in [6.45, 7) is 2.25. The van der Waals surface area contributed by atoms with E-state index in [0.717, 1.165) is 0 Å². The second-order valence-corrected chi connectivity index (χ2v) is 7.89. The molecule has 2 aliphatic carbocycles. The molecule has 2 heterocycles. The molecule has 0 unspecified atom stereocenters. The zero-order valence-corrected chi connectivity index (χ0v) is 14.9. The van der Waals surface area contributed by atoms with E-state index in [9.17, 15) is 25.2 Å². The van der Waals surface area contributed by atoms with E-state index in [-0.39, 0.29) is 12.3 Å². The molecule has 3 fully saturated rings. The van der Waals surface area contributed by atoms with E-state index in [1.54, 1.807) is 19.9 Å². The maximum Gasteiger partial charge on any atom is 0.344 e. The topological polar surface area (TPSA) is 162 Å². The first kappa shape index (κ1) is 18.8. The van der Waals surface area contributed by atoms with Crippen molar-refractivity contribution in [1.29, 1.82) is 0 Å². The molecule has 4 aliphatic rings. The van der Waals surface area contributed by atoms with E-state index in [0.29, 0.717) is 5.57 Å². The third kappa shape index (κ3) is 2.00. The van der Waals surface area contributed by atoms with Crippen LogP contribution in [0.15, 0.2) is 16.8 Å². The molecule has 0 aromatic heterocycles. The van der Waals surface area contributed by atoms with Gasteiger partial charge >= 0.3 is 5.97 Å². The molecule has 2 bridgehead atoms. The van der Waals surface area contributed by atoms with Gasteiger partial charge < -0.3 is 39.8 Å². The Morgan fingerprint density at radius 2 is 2.07 bits per heavy atom. The number of nitrogens with zero attached hydrogens (tertiary/aromatic N) is 1. The number of ether oxygens (including phenoxy) is 2. The Morgan fingerprint density at radius 1 is 1.41 bits per heavy atom. The van der Waals surface area contributed by atoms with Crippen LogP contribution in [-0.2, 0) is 19.1 Å². The third-order valence-electron chi connectivity index (χ3n) is 6.95. The van der Waals surface area contributed by atoms with Crippen molar-refractivity contribution < 1.29 is 44.6 Å². The second-order valence-electron chi connectivity index (χ2n) is 7.89. The number of aliphatic carboxylic acids is 1. The summed E-state index contributed by atoms with van der Waals surface area (Å²) in [5.74, 6) is -1.23. The van der Waals surface area contributed by atoms with Gasteiger partial charge in [-0.1, -0.05) is 18.2 Å². The summed E-state index contributed by atoms with van der Waals surface area (Å²) < 4.78 is 11.6. The summed E-state index contributed by atoms with van der Waals surface area (Å²) in [5, 5.41) is 55.5. The Bertz CT molecular complexity index is 732. The molecule has 5 N–H and O–H groups in total. The molecule has 1 saturated carbocycles. The van der Waals surface area contributed by atoms with Crippen molar-refractivity contribution in [3.05, 3.63) is 11.6 Å². The number of oxime groups is 1. The fourth-order valence-electron chi connectivity index (χ4n) is 5.32. The smallest absolute Gasteiger partial charge is 0.344 e. The molecule has 27 heavy (non-hydrogen) atoms. The van der Waals surface area contributed by atoms with Crippen LogP contribution in [-0.4, -0.2) is 93.2 Å². The molecule has 8 atom stereocenters. The second kappa shape index (κ2) is 5.72. The van der Waals surface area contributed by atoms with Gasteiger partial charge in [0, 0.05) is 5.41 Å². The van der Waals surface area contributed by atoms with Crippen molar-refractivity contribution in [3.63, 3.8) is 0 Å². The standard InChI is InChI=1S/C17H23NO9/c1-7-3-8-16(5-19,12(23)10(7)18-26-4-9(20)21)15(2)13(24)11(22)14(27-8)17(15)6-25-17/h3,8,11-14,19,22-24H,4-6H2,1-2H3,(H,20,21)/b18-10+/t8-,11-,12-,13-,14-,15-,16-,17+/m1/s1. The fraction of sp³-hybridized carbons (Fsp3) is 0.765. The summed E-state index contributed by atoms with van der Waals surface area (Å²) in [6.07, 6.45) is -3.97. The molecule has 10 nitrogen and oxygen atoms in total. The predicted octanol–water partition coefficient (Wildman–Crippen LogP) is -1.98. The van der Waals surface area contributed by atoms with Crippen LogP contribution in [0.25, 0.3) is 0 Å². The minimum atomic E-state index is -1.47. The summed E-state index contributed by atoms with van der Waals surface area (Å²) in [6, 6.07) is 0. The fourth-order valence-corrected chi connectivity index (χ4v) is 5.32. The zero-order chi connectivity index (χ0) is 19.8. The molecule has 1 spiro atoms. The molecule has 150 valence electrons. The number of aliphatic hydroxyl groups excluding tert-OH is 4. The maximum atomic E-state index is 11.2. The molecule has 2 aliphatic heterocycles. The van der Waals surface area contributed by atoms with Crippen LogP contribution in [0.4, 0.5) is 0 Å². The summed E-state index contributed by atoms with van der Waals surface area (Å²) in [7, 11) is 0. The van der Waals surface area contributed by atoms with Gasteiger partial charge in [-0.15, -0.1) is 0 Å². The van der Waals surface area contributed by atoms with Gasteiger partial charge in [0.05, 0.1) is 30.8 Å². The number of hydrogen-bond donors (Lipinski definition) is 5. The van der Waals surface area contributed by atoms with Crippen LogP contribution in [0, 0.1) is 10.8 Å². The van der Waals surface area contributed by atoms with Crippen molar-refractivity contribution in [2.45, 2.75) is 50.0 Å². The van der Waals surface area contributed by atoms with E-state index < -0.39 is 66.1 Å². The van der Waals surface area contributed by atoms with Crippen LogP contribution < -0.4 is 0 Å². The first-order valence-corrected chi connectivity index (χ1v) is 8.72. The van der Waals surface area contributed by atoms with Gasteiger partial charge in [-0.25, -0.2) is 4.79 Å². The lowest BCUT2D eigenvalue weighted by molar-refractivity contribution is -0.245. The highest BCUT2D eigenvalue weighted by Gasteiger charge is 2.86. The minimum Gasteiger partial charge on any atom is -0.479 e. The molecule has 0 aromatic carbocycles. The van der Waals surface area contributed by atoms with Gasteiger partial charge in [0.2, 0.25) is 6.61 Å². The van der Waals surface area contributed by atoms with Crippen LogP contribution in [0.5, 0.6) is 0 Å². The van der Waals surface area contributed by atoms with Crippen molar-refractivity contribution in [2.24, 2.45) is 16.0 Å². The Labute approximate surface area is 154 Å². The highest BCUT2D eigenvalue weighted by Crippen LogP contribution is 2.70. The molecule has 0 radical (unpaired) electrons. The lowest BCUT2D eigenvalue weighted by Gasteiger charge is -2.59. The normalized spacial score (nSPS) is 51.9. The third-order valence-corrected chi connectivity index (χ3v) is 6.95. The predicted molar refractivity (Wildman–Crippen MR) is 87.8 cm³/mol. The average Bonchev–Trinajstić information content (AvgIpc) is 3.40. The highest BCUT2D eigenvalue weighted by molar-refractivity contribution is 6.04. The van der Waals surface area contributed by atoms with Crippen LogP contribution in [0.3, 0.4) is 0 Å². The minimum absolute atomic E-state index is 0.0363. The van der Waals surface area contributed by atoms with Gasteiger partial charge in [-0.05, 0) is 12.5 Å². The number of epoxide rings is 1. The van der Waals surface area contributed by atoms with Gasteiger partial charge in [-0.2, -0.15) is 0 Å². The number of hydrogen-bond acceptors (Lipinski definition) is 9. The largest absolute Gasteiger partial charge is 0.479 e. The Morgan fingerprint density at radius 3 is 2.63 bits per heavy atom. The van der Waals surface area contributed by atoms with E-state index >= 15 is 0 Å². The molecule has 10 heteroatoms. The lowest BCUT2D eigenvalue weighted by atomic mass is 9.50. The maximum absolute atomic E-state index is 11.2. The van der Waals surface area contributed by atoms with Gasteiger partial charge in [-0.3, -0.25) is 0 Å². The van der Waals surface area contributed by atoms with Crippen LogP contribution in [0.2, 0.25) is 0 Å². The van der Waals surface area contributed by atoms with E-state index in [1.165, 1.54) is 0 Å².